The van der Waals surface area contributed by atoms with Crippen molar-refractivity contribution in [3.05, 3.63) is 58.0 Å². The third-order valence-electron chi connectivity index (χ3n) is 4.39. The average molecular weight is 348 g/mol. The molecule has 0 spiro atoms. The number of nitrogens with zero attached hydrogens (tertiary/aromatic N) is 1. The van der Waals surface area contributed by atoms with Gasteiger partial charge in [-0.1, -0.05) is 18.2 Å². The van der Waals surface area contributed by atoms with Crippen molar-refractivity contribution in [2.24, 2.45) is 0 Å². The van der Waals surface area contributed by atoms with Crippen molar-refractivity contribution in [3.8, 4) is 0 Å². The number of likely N-dealkylation sites (tertiary alicyclic amines) is 1. The van der Waals surface area contributed by atoms with E-state index in [1.807, 2.05) is 22.4 Å². The minimum atomic E-state index is -0.294. The Kier molecular flexibility index (Phi) is 5.60. The first-order valence-corrected chi connectivity index (χ1v) is 8.98. The number of aliphatic hydroxyl groups excluding tert-OH is 1. The number of carbonyl (C=O) groups is 1. The molecule has 3 rings (SSSR count). The number of halogens is 1. The normalized spacial score (nSPS) is 19.3. The zero-order chi connectivity index (χ0) is 16.9. The maximum Gasteiger partial charge on any atom is 0.234 e. The molecule has 1 saturated heterocycles. The molecule has 2 aromatic rings. The van der Waals surface area contributed by atoms with Gasteiger partial charge in [-0.2, -0.15) is 0 Å². The lowest BCUT2D eigenvalue weighted by Crippen LogP contribution is -2.42. The van der Waals surface area contributed by atoms with Gasteiger partial charge in [0.15, 0.2) is 0 Å². The Bertz CT molecular complexity index is 660. The zero-order valence-corrected chi connectivity index (χ0v) is 14.1. The van der Waals surface area contributed by atoms with E-state index in [2.05, 4.69) is 5.32 Å². The molecule has 1 aromatic carbocycles. The molecule has 0 saturated carbocycles. The molecule has 1 fully saturated rings. The molecule has 2 N–H and O–H groups in total. The molecule has 0 bridgehead atoms. The van der Waals surface area contributed by atoms with Gasteiger partial charge in [0.05, 0.1) is 19.2 Å². The van der Waals surface area contributed by atoms with Crippen LogP contribution in [0.15, 0.2) is 41.8 Å². The highest BCUT2D eigenvalue weighted by Crippen LogP contribution is 2.26. The van der Waals surface area contributed by atoms with Crippen LogP contribution in [-0.4, -0.2) is 41.7 Å². The largest absolute Gasteiger partial charge is 0.395 e. The van der Waals surface area contributed by atoms with Crippen LogP contribution in [0.25, 0.3) is 0 Å². The highest BCUT2D eigenvalue weighted by Gasteiger charge is 2.26. The van der Waals surface area contributed by atoms with E-state index in [1.54, 1.807) is 23.5 Å². The van der Waals surface area contributed by atoms with Gasteiger partial charge in [0, 0.05) is 10.9 Å². The Morgan fingerprint density at radius 3 is 2.83 bits per heavy atom. The van der Waals surface area contributed by atoms with Gasteiger partial charge in [0.2, 0.25) is 5.91 Å². The molecule has 24 heavy (non-hydrogen) atoms. The van der Waals surface area contributed by atoms with E-state index in [0.717, 1.165) is 29.8 Å². The molecule has 2 unspecified atom stereocenters. The van der Waals surface area contributed by atoms with E-state index < -0.39 is 0 Å². The lowest BCUT2D eigenvalue weighted by atomic mass is 10.1. The van der Waals surface area contributed by atoms with Gasteiger partial charge in [0.25, 0.3) is 0 Å². The number of aliphatic hydroxyl groups is 1. The van der Waals surface area contributed by atoms with Gasteiger partial charge in [-0.05, 0) is 48.5 Å². The Labute approximate surface area is 144 Å². The third kappa shape index (κ3) is 4.01. The van der Waals surface area contributed by atoms with Crippen LogP contribution in [0.5, 0.6) is 0 Å². The molecular weight excluding hydrogens is 327 g/mol. The second kappa shape index (κ2) is 7.88. The number of rotatable bonds is 6. The summed E-state index contributed by atoms with van der Waals surface area (Å²) in [6.45, 7) is 1.19. The number of benzene rings is 1. The molecule has 1 aromatic heterocycles. The first-order chi connectivity index (χ1) is 11.7. The van der Waals surface area contributed by atoms with Crippen molar-refractivity contribution in [1.29, 1.82) is 0 Å². The monoisotopic (exact) mass is 348 g/mol. The van der Waals surface area contributed by atoms with E-state index in [9.17, 15) is 14.3 Å². The molecule has 1 amide bonds. The lowest BCUT2D eigenvalue weighted by molar-refractivity contribution is -0.123. The van der Waals surface area contributed by atoms with Gasteiger partial charge >= 0.3 is 0 Å². The van der Waals surface area contributed by atoms with E-state index in [-0.39, 0.29) is 37.0 Å². The molecule has 128 valence electrons. The number of hydrogen-bond acceptors (Lipinski definition) is 4. The molecule has 1 aliphatic rings. The first-order valence-electron chi connectivity index (χ1n) is 8.10. The van der Waals surface area contributed by atoms with Crippen LogP contribution in [0.2, 0.25) is 0 Å². The second-order valence-electron chi connectivity index (χ2n) is 6.02. The van der Waals surface area contributed by atoms with Gasteiger partial charge in [-0.15, -0.1) is 11.3 Å². The summed E-state index contributed by atoms with van der Waals surface area (Å²) in [6, 6.07) is 9.90. The summed E-state index contributed by atoms with van der Waals surface area (Å²) in [7, 11) is 0. The summed E-state index contributed by atoms with van der Waals surface area (Å²) in [5.41, 5.74) is 0.854. The van der Waals surface area contributed by atoms with E-state index in [1.165, 1.54) is 12.1 Å². The SMILES string of the molecule is O=C(CN1CCCC1CO)NC(c1ccc(F)cc1)c1cccs1. The molecule has 0 aliphatic carbocycles. The van der Waals surface area contributed by atoms with Crippen LogP contribution in [0.1, 0.15) is 29.3 Å². The predicted octanol–water partition coefficient (Wildman–Crippen LogP) is 2.55. The predicted molar refractivity (Wildman–Crippen MR) is 92.4 cm³/mol. The molecular formula is C18H21FN2O2S. The fourth-order valence-electron chi connectivity index (χ4n) is 3.13. The highest BCUT2D eigenvalue weighted by atomic mass is 32.1. The van der Waals surface area contributed by atoms with Gasteiger partial charge in [-0.25, -0.2) is 4.39 Å². The average Bonchev–Trinajstić information content (AvgIpc) is 3.25. The summed E-state index contributed by atoms with van der Waals surface area (Å²) in [5, 5.41) is 14.4. The third-order valence-corrected chi connectivity index (χ3v) is 5.33. The first kappa shape index (κ1) is 17.1. The summed E-state index contributed by atoms with van der Waals surface area (Å²) in [5.74, 6) is -0.379. The molecule has 6 heteroatoms. The summed E-state index contributed by atoms with van der Waals surface area (Å²) in [6.07, 6.45) is 1.93. The van der Waals surface area contributed by atoms with Crippen LogP contribution < -0.4 is 5.32 Å². The lowest BCUT2D eigenvalue weighted by Gasteiger charge is -2.24. The van der Waals surface area contributed by atoms with Gasteiger partial charge in [0.1, 0.15) is 5.82 Å². The number of carbonyl (C=O) groups excluding carboxylic acids is 1. The fraction of sp³-hybridized carbons (Fsp3) is 0.389. The standard InChI is InChI=1S/C18H21FN2O2S/c19-14-7-5-13(6-8-14)18(16-4-2-10-24-16)20-17(23)11-21-9-1-3-15(21)12-22/h2,4-8,10,15,18,22H,1,3,9,11-12H2,(H,20,23). The molecule has 2 heterocycles. The molecule has 2 atom stereocenters. The van der Waals surface area contributed by atoms with Crippen molar-refractivity contribution in [1.82, 2.24) is 10.2 Å². The Balaban J connectivity index is 1.72. The van der Waals surface area contributed by atoms with Crippen LogP contribution in [-0.2, 0) is 4.79 Å². The molecule has 1 aliphatic heterocycles. The Morgan fingerprint density at radius 2 is 2.17 bits per heavy atom. The smallest absolute Gasteiger partial charge is 0.234 e. The van der Waals surface area contributed by atoms with E-state index in [4.69, 9.17) is 0 Å². The van der Waals surface area contributed by atoms with E-state index >= 15 is 0 Å². The number of hydrogen-bond donors (Lipinski definition) is 2. The van der Waals surface area contributed by atoms with Crippen LogP contribution in [0, 0.1) is 5.82 Å². The second-order valence-corrected chi connectivity index (χ2v) is 7.00. The van der Waals surface area contributed by atoms with Crippen molar-refractivity contribution in [3.63, 3.8) is 0 Å². The number of thiophene rings is 1. The zero-order valence-electron chi connectivity index (χ0n) is 13.3. The summed E-state index contributed by atoms with van der Waals surface area (Å²) in [4.78, 5) is 15.5. The van der Waals surface area contributed by atoms with Crippen LogP contribution in [0.3, 0.4) is 0 Å². The van der Waals surface area contributed by atoms with Crippen LogP contribution >= 0.6 is 11.3 Å². The van der Waals surface area contributed by atoms with Crippen molar-refractivity contribution in [2.45, 2.75) is 24.9 Å². The summed E-state index contributed by atoms with van der Waals surface area (Å²) >= 11 is 1.56. The van der Waals surface area contributed by atoms with Crippen molar-refractivity contribution >= 4 is 17.2 Å². The van der Waals surface area contributed by atoms with Crippen molar-refractivity contribution < 1.29 is 14.3 Å². The van der Waals surface area contributed by atoms with Gasteiger partial charge < -0.3 is 10.4 Å². The quantitative estimate of drug-likeness (QED) is 0.844. The number of nitrogens with one attached hydrogen (secondary N) is 1. The minimum absolute atomic E-state index is 0.0711. The highest BCUT2D eigenvalue weighted by molar-refractivity contribution is 7.10. The van der Waals surface area contributed by atoms with Crippen molar-refractivity contribution in [2.75, 3.05) is 19.7 Å². The summed E-state index contributed by atoms with van der Waals surface area (Å²) < 4.78 is 13.2. The topological polar surface area (TPSA) is 52.6 Å². The maximum atomic E-state index is 13.2. The van der Waals surface area contributed by atoms with Crippen LogP contribution in [0.4, 0.5) is 4.39 Å². The van der Waals surface area contributed by atoms with E-state index in [0.29, 0.717) is 0 Å². The van der Waals surface area contributed by atoms with Gasteiger partial charge in [-0.3, -0.25) is 9.69 Å². The Morgan fingerprint density at radius 1 is 1.38 bits per heavy atom. The molecule has 0 radical (unpaired) electrons. The minimum Gasteiger partial charge on any atom is -0.395 e. The number of amides is 1. The Hall–Kier alpha value is -1.76. The maximum absolute atomic E-state index is 13.2. The molecule has 4 nitrogen and oxygen atoms in total. The fourth-order valence-corrected chi connectivity index (χ4v) is 3.93.